The molecule has 6 atom stereocenters. The van der Waals surface area contributed by atoms with E-state index in [2.05, 4.69) is 12.7 Å². The number of ether oxygens (including phenoxy) is 4. The average molecular weight is 785 g/mol. The molecule has 10 nitrogen and oxygen atoms in total. The van der Waals surface area contributed by atoms with Gasteiger partial charge in [0.15, 0.2) is 0 Å². The first kappa shape index (κ1) is 41.9. The van der Waals surface area contributed by atoms with E-state index >= 15 is 0 Å². The van der Waals surface area contributed by atoms with Crippen LogP contribution in [0.5, 0.6) is 11.5 Å². The summed E-state index contributed by atoms with van der Waals surface area (Å²) in [6, 6.07) is 21.4. The molecule has 306 valence electrons. The molecule has 3 aromatic rings. The molecule has 2 N–H and O–H groups in total. The highest BCUT2D eigenvalue weighted by molar-refractivity contribution is 6.03. The van der Waals surface area contributed by atoms with Gasteiger partial charge in [-0.05, 0) is 79.3 Å². The molecule has 3 aliphatic rings. The van der Waals surface area contributed by atoms with E-state index in [-0.39, 0.29) is 63.0 Å². The predicted molar refractivity (Wildman–Crippen MR) is 216 cm³/mol. The zero-order valence-corrected chi connectivity index (χ0v) is 33.2. The number of hydrogen-bond acceptors (Lipinski definition) is 9. The number of unbranched alkanes of at least 4 members (excludes halogenated alkanes) is 2. The number of halogens is 1. The lowest BCUT2D eigenvalue weighted by Crippen LogP contribution is -2.70. The first-order chi connectivity index (χ1) is 27.9. The second kappa shape index (κ2) is 20.1. The number of methoxy groups -OCH3 is 1. The van der Waals surface area contributed by atoms with Crippen molar-refractivity contribution in [2.75, 3.05) is 33.5 Å². The van der Waals surface area contributed by atoms with Crippen molar-refractivity contribution in [3.63, 3.8) is 0 Å². The standard InChI is InChI=1S/C46H57FN2O8/c1-4-23-49(45(52)53-3)42-29-40(48-56-30-32-15-7-6-8-16-32)37-27-33(17-11-13-24-50)36(19-12-14-25-51)43-38-28-35(54-31-34-18-9-10-20-39(34)47)21-22-41(38)57-46(42,44(37)43)55-26-5-2/h5-10,15-16,18,20-22,27-28,33,36,42-44,50-51H,2,4,11-14,17,19,23-26,29-31H2,1,3H3. The number of hydrogen-bond donors (Lipinski definition) is 2. The molecule has 0 spiro atoms. The molecule has 0 bridgehead atoms. The van der Waals surface area contributed by atoms with Gasteiger partial charge in [-0.25, -0.2) is 9.18 Å². The third-order valence-electron chi connectivity index (χ3n) is 11.5. The molecule has 1 aliphatic heterocycles. The summed E-state index contributed by atoms with van der Waals surface area (Å²) >= 11 is 0. The van der Waals surface area contributed by atoms with Gasteiger partial charge in [0.05, 0.1) is 25.3 Å². The Hall–Kier alpha value is -4.71. The summed E-state index contributed by atoms with van der Waals surface area (Å²) in [6.45, 7) is 7.03. The Kier molecular flexibility index (Phi) is 14.8. The van der Waals surface area contributed by atoms with Crippen LogP contribution in [0, 0.1) is 23.6 Å². The van der Waals surface area contributed by atoms with Gasteiger partial charge in [-0.2, -0.15) is 0 Å². The van der Waals surface area contributed by atoms with E-state index in [0.29, 0.717) is 48.6 Å². The van der Waals surface area contributed by atoms with Crippen LogP contribution in [0.4, 0.5) is 9.18 Å². The molecule has 0 saturated heterocycles. The maximum absolute atomic E-state index is 14.7. The maximum Gasteiger partial charge on any atom is 0.409 e. The molecule has 1 heterocycles. The minimum absolute atomic E-state index is 0.0446. The summed E-state index contributed by atoms with van der Waals surface area (Å²) in [5.74, 6) is -1.14. The number of carbonyl (C=O) groups excluding carboxylic acids is 1. The molecule has 57 heavy (non-hydrogen) atoms. The molecule has 2 aliphatic carbocycles. The first-order valence-corrected chi connectivity index (χ1v) is 20.3. The number of fused-ring (bicyclic) bond motifs is 2. The molecule has 1 fully saturated rings. The van der Waals surface area contributed by atoms with Gasteiger partial charge in [-0.1, -0.05) is 85.6 Å². The molecule has 6 unspecified atom stereocenters. The van der Waals surface area contributed by atoms with Crippen LogP contribution >= 0.6 is 0 Å². The van der Waals surface area contributed by atoms with Crippen molar-refractivity contribution in [1.29, 1.82) is 0 Å². The molecular formula is C46H57FN2O8. The fourth-order valence-electron chi connectivity index (χ4n) is 9.01. The van der Waals surface area contributed by atoms with Gasteiger partial charge in [0.1, 0.15) is 36.6 Å². The summed E-state index contributed by atoms with van der Waals surface area (Å²) in [5.41, 5.74) is 3.97. The van der Waals surface area contributed by atoms with Crippen LogP contribution in [-0.2, 0) is 27.5 Å². The summed E-state index contributed by atoms with van der Waals surface area (Å²) in [6.07, 6.45) is 8.98. The molecule has 0 radical (unpaired) electrons. The Morgan fingerprint density at radius 1 is 1.02 bits per heavy atom. The minimum Gasteiger partial charge on any atom is -0.489 e. The Balaban J connectivity index is 1.55. The van der Waals surface area contributed by atoms with Crippen molar-refractivity contribution in [1.82, 2.24) is 4.90 Å². The molecule has 11 heteroatoms. The fourth-order valence-corrected chi connectivity index (χ4v) is 9.01. The van der Waals surface area contributed by atoms with Crippen molar-refractivity contribution in [2.24, 2.45) is 22.9 Å². The first-order valence-electron chi connectivity index (χ1n) is 20.3. The van der Waals surface area contributed by atoms with Crippen molar-refractivity contribution in [2.45, 2.75) is 89.3 Å². The third kappa shape index (κ3) is 9.37. The SMILES string of the molecule is C=CCOC12Oc3ccc(OCc4ccccc4F)cc3C3C(CCCCO)C(CCCCO)C=C(C(=NOCc4ccccc4)CC1N(CCC)C(=O)OC)C32. The highest BCUT2D eigenvalue weighted by Crippen LogP contribution is 2.62. The second-order valence-electron chi connectivity index (χ2n) is 15.1. The number of benzene rings is 3. The number of nitrogens with zero attached hydrogens (tertiary/aromatic N) is 2. The van der Waals surface area contributed by atoms with Gasteiger partial charge < -0.3 is 34.0 Å². The molecular weight excluding hydrogens is 728 g/mol. The number of amides is 1. The van der Waals surface area contributed by atoms with Gasteiger partial charge in [-0.3, -0.25) is 4.90 Å². The quantitative estimate of drug-likeness (QED) is 0.0664. The largest absolute Gasteiger partial charge is 0.489 e. The van der Waals surface area contributed by atoms with Gasteiger partial charge in [0.25, 0.3) is 0 Å². The number of aliphatic hydroxyl groups excluding tert-OH is 2. The molecule has 6 rings (SSSR count). The summed E-state index contributed by atoms with van der Waals surface area (Å²) in [4.78, 5) is 21.6. The summed E-state index contributed by atoms with van der Waals surface area (Å²) in [7, 11) is 1.38. The van der Waals surface area contributed by atoms with E-state index in [1.165, 1.54) is 13.2 Å². The number of rotatable bonds is 20. The smallest absolute Gasteiger partial charge is 0.409 e. The van der Waals surface area contributed by atoms with Crippen LogP contribution in [0.25, 0.3) is 0 Å². The Morgan fingerprint density at radius 3 is 2.49 bits per heavy atom. The van der Waals surface area contributed by atoms with Gasteiger partial charge in [0, 0.05) is 43.2 Å². The second-order valence-corrected chi connectivity index (χ2v) is 15.1. The highest BCUT2D eigenvalue weighted by atomic mass is 19.1. The predicted octanol–water partition coefficient (Wildman–Crippen LogP) is 8.72. The van der Waals surface area contributed by atoms with Crippen LogP contribution in [-0.4, -0.2) is 72.2 Å². The number of oxime groups is 1. The Morgan fingerprint density at radius 2 is 1.77 bits per heavy atom. The van der Waals surface area contributed by atoms with Crippen molar-refractivity contribution in [3.05, 3.63) is 120 Å². The summed E-state index contributed by atoms with van der Waals surface area (Å²) in [5, 5.41) is 24.6. The van der Waals surface area contributed by atoms with E-state index in [1.54, 1.807) is 29.2 Å². The zero-order valence-electron chi connectivity index (χ0n) is 33.2. The molecule has 1 amide bonds. The monoisotopic (exact) mass is 784 g/mol. The number of allylic oxidation sites excluding steroid dienone is 1. The van der Waals surface area contributed by atoms with Crippen LogP contribution in [0.1, 0.15) is 80.9 Å². The lowest BCUT2D eigenvalue weighted by molar-refractivity contribution is -0.255. The average Bonchev–Trinajstić information content (AvgIpc) is 3.23. The van der Waals surface area contributed by atoms with Gasteiger partial charge in [-0.15, -0.1) is 6.58 Å². The van der Waals surface area contributed by atoms with E-state index in [9.17, 15) is 19.4 Å². The lowest BCUT2D eigenvalue weighted by Gasteiger charge is -2.59. The fraction of sp³-hybridized carbons (Fsp3) is 0.478. The molecule has 3 aromatic carbocycles. The normalized spacial score (nSPS) is 24.1. The molecule has 1 saturated carbocycles. The van der Waals surface area contributed by atoms with E-state index in [0.717, 1.165) is 42.4 Å². The van der Waals surface area contributed by atoms with Crippen LogP contribution in [0.15, 0.2) is 102 Å². The van der Waals surface area contributed by atoms with Gasteiger partial charge in [0.2, 0.25) is 5.79 Å². The van der Waals surface area contributed by atoms with Gasteiger partial charge >= 0.3 is 6.09 Å². The third-order valence-corrected chi connectivity index (χ3v) is 11.5. The van der Waals surface area contributed by atoms with Crippen molar-refractivity contribution < 1.29 is 43.2 Å². The van der Waals surface area contributed by atoms with E-state index < -0.39 is 23.8 Å². The Labute approximate surface area is 335 Å². The maximum atomic E-state index is 14.7. The van der Waals surface area contributed by atoms with Crippen LogP contribution in [0.2, 0.25) is 0 Å². The van der Waals surface area contributed by atoms with Crippen LogP contribution < -0.4 is 9.47 Å². The number of carbonyl (C=O) groups is 1. The van der Waals surface area contributed by atoms with E-state index in [4.69, 9.17) is 28.9 Å². The lowest BCUT2D eigenvalue weighted by atomic mass is 9.55. The minimum atomic E-state index is -1.39. The number of aliphatic hydroxyl groups is 2. The molecule has 0 aromatic heterocycles. The topological polar surface area (TPSA) is 119 Å². The highest BCUT2D eigenvalue weighted by Gasteiger charge is 2.65. The van der Waals surface area contributed by atoms with Crippen LogP contribution in [0.3, 0.4) is 0 Å². The van der Waals surface area contributed by atoms with Crippen molar-refractivity contribution in [3.8, 4) is 11.5 Å². The van der Waals surface area contributed by atoms with E-state index in [1.807, 2.05) is 55.5 Å². The summed E-state index contributed by atoms with van der Waals surface area (Å²) < 4.78 is 40.5. The Bertz CT molecular complexity index is 1850. The zero-order chi connectivity index (χ0) is 40.2. The van der Waals surface area contributed by atoms with Crippen molar-refractivity contribution >= 4 is 11.8 Å².